The van der Waals surface area contributed by atoms with Gasteiger partial charge in [0.25, 0.3) is 0 Å². The number of ether oxygens (including phenoxy) is 1. The summed E-state index contributed by atoms with van der Waals surface area (Å²) >= 11 is 12.3. The van der Waals surface area contributed by atoms with Gasteiger partial charge in [-0.1, -0.05) is 17.7 Å². The maximum atomic E-state index is 13.6. The molecule has 35 heavy (non-hydrogen) atoms. The minimum Gasteiger partial charge on any atom is -0.495 e. The number of methoxy groups -OCH3 is 1. The van der Waals surface area contributed by atoms with Gasteiger partial charge in [-0.3, -0.25) is 4.98 Å². The van der Waals surface area contributed by atoms with E-state index in [0.717, 1.165) is 34.0 Å². The van der Waals surface area contributed by atoms with Gasteiger partial charge in [-0.05, 0) is 92.3 Å². The van der Waals surface area contributed by atoms with Gasteiger partial charge >= 0.3 is 0 Å². The van der Waals surface area contributed by atoms with Crippen molar-refractivity contribution in [2.45, 2.75) is 25.9 Å². The normalized spacial score (nSPS) is 17.5. The molecule has 2 aromatic carbocycles. The topological polar surface area (TPSA) is 42.3 Å². The van der Waals surface area contributed by atoms with Crippen molar-refractivity contribution in [3.8, 4) is 11.4 Å². The second-order valence-electron chi connectivity index (χ2n) is 8.45. The van der Waals surface area contributed by atoms with Crippen LogP contribution in [0.3, 0.4) is 0 Å². The molecule has 1 aliphatic rings. The fourth-order valence-electron chi connectivity index (χ4n) is 4.83. The fourth-order valence-corrected chi connectivity index (χ4v) is 5.43. The number of nitrogens with one attached hydrogen (secondary N) is 1. The highest BCUT2D eigenvalue weighted by Gasteiger charge is 2.42. The van der Waals surface area contributed by atoms with Crippen LogP contribution in [-0.2, 0) is 0 Å². The van der Waals surface area contributed by atoms with E-state index in [0.29, 0.717) is 15.9 Å². The van der Waals surface area contributed by atoms with Crippen molar-refractivity contribution < 1.29 is 9.13 Å². The van der Waals surface area contributed by atoms with Crippen LogP contribution in [0.25, 0.3) is 5.69 Å². The second kappa shape index (κ2) is 9.32. The summed E-state index contributed by atoms with van der Waals surface area (Å²) in [7, 11) is 1.59. The van der Waals surface area contributed by atoms with Crippen LogP contribution in [0.4, 0.5) is 10.1 Å². The third kappa shape index (κ3) is 4.15. The smallest absolute Gasteiger partial charge is 0.174 e. The zero-order valence-corrected chi connectivity index (χ0v) is 21.1. The molecular formula is C27H24ClFN4OS. The highest BCUT2D eigenvalue weighted by molar-refractivity contribution is 7.80. The minimum atomic E-state index is -0.264. The molecule has 0 bridgehead atoms. The van der Waals surface area contributed by atoms with Crippen LogP contribution >= 0.6 is 23.8 Å². The lowest BCUT2D eigenvalue weighted by molar-refractivity contribution is 0.415. The Morgan fingerprint density at radius 3 is 2.43 bits per heavy atom. The summed E-state index contributed by atoms with van der Waals surface area (Å²) < 4.78 is 21.1. The van der Waals surface area contributed by atoms with Crippen molar-refractivity contribution in [2.24, 2.45) is 0 Å². The van der Waals surface area contributed by atoms with Crippen molar-refractivity contribution in [2.75, 3.05) is 12.0 Å². The Bertz CT molecular complexity index is 1390. The van der Waals surface area contributed by atoms with E-state index in [1.54, 1.807) is 25.4 Å². The Morgan fingerprint density at radius 1 is 1.03 bits per heavy atom. The van der Waals surface area contributed by atoms with Crippen molar-refractivity contribution >= 4 is 34.6 Å². The quantitative estimate of drug-likeness (QED) is 0.314. The van der Waals surface area contributed by atoms with Gasteiger partial charge in [-0.2, -0.15) is 0 Å². The number of pyridine rings is 1. The number of rotatable bonds is 5. The van der Waals surface area contributed by atoms with Gasteiger partial charge in [-0.15, -0.1) is 0 Å². The summed E-state index contributed by atoms with van der Waals surface area (Å²) in [6.45, 7) is 4.12. The van der Waals surface area contributed by atoms with E-state index in [1.165, 1.54) is 12.1 Å². The number of aromatic nitrogens is 2. The molecular weight excluding hydrogens is 483 g/mol. The Labute approximate surface area is 214 Å². The number of anilines is 1. The highest BCUT2D eigenvalue weighted by atomic mass is 35.5. The van der Waals surface area contributed by atoms with Crippen molar-refractivity contribution in [1.29, 1.82) is 0 Å². The number of benzene rings is 2. The van der Waals surface area contributed by atoms with E-state index in [2.05, 4.69) is 32.8 Å². The van der Waals surface area contributed by atoms with E-state index < -0.39 is 0 Å². The summed E-state index contributed by atoms with van der Waals surface area (Å²) in [5.41, 5.74) is 5.79. The standard InChI is InChI=1S/C27H24ClFN4OS/c1-16-14-21(17(2)32(16)19-9-7-18(29)8-10-19)26-25(23-6-4-5-13-30-23)31-27(35)33(26)20-11-12-24(34-3)22(28)15-20/h4-15,25-26H,1-3H3,(H,31,35)/t25-,26-/m0/s1. The molecule has 1 saturated heterocycles. The molecule has 1 fully saturated rings. The van der Waals surface area contributed by atoms with Gasteiger partial charge in [0.1, 0.15) is 11.6 Å². The first-order chi connectivity index (χ1) is 16.9. The van der Waals surface area contributed by atoms with Crippen LogP contribution < -0.4 is 15.0 Å². The minimum absolute atomic E-state index is 0.188. The molecule has 2 atom stereocenters. The van der Waals surface area contributed by atoms with Crippen molar-refractivity contribution in [3.05, 3.63) is 106 Å². The number of hydrogen-bond donors (Lipinski definition) is 1. The molecule has 3 heterocycles. The number of halogens is 2. The van der Waals surface area contributed by atoms with Crippen LogP contribution in [0.1, 0.15) is 34.7 Å². The average molecular weight is 507 g/mol. The lowest BCUT2D eigenvalue weighted by Gasteiger charge is -2.28. The van der Waals surface area contributed by atoms with Gasteiger partial charge < -0.3 is 19.5 Å². The Hall–Kier alpha value is -3.42. The van der Waals surface area contributed by atoms with Crippen LogP contribution in [-0.4, -0.2) is 21.8 Å². The van der Waals surface area contributed by atoms with Gasteiger partial charge in [0, 0.05) is 29.0 Å². The maximum absolute atomic E-state index is 13.6. The Kier molecular flexibility index (Phi) is 6.21. The summed E-state index contributed by atoms with van der Waals surface area (Å²) in [5.74, 6) is 0.334. The third-order valence-corrected chi connectivity index (χ3v) is 7.00. The van der Waals surface area contributed by atoms with E-state index in [-0.39, 0.29) is 17.9 Å². The monoisotopic (exact) mass is 506 g/mol. The zero-order valence-electron chi connectivity index (χ0n) is 19.5. The molecule has 5 rings (SSSR count). The lowest BCUT2D eigenvalue weighted by Crippen LogP contribution is -2.29. The van der Waals surface area contributed by atoms with E-state index in [4.69, 9.17) is 28.6 Å². The molecule has 8 heteroatoms. The molecule has 0 amide bonds. The number of aryl methyl sites for hydroxylation is 1. The molecule has 1 aliphatic heterocycles. The molecule has 4 aromatic rings. The van der Waals surface area contributed by atoms with Crippen LogP contribution in [0.15, 0.2) is 72.9 Å². The van der Waals surface area contributed by atoms with Crippen LogP contribution in [0, 0.1) is 19.7 Å². The molecule has 1 N–H and O–H groups in total. The molecule has 0 unspecified atom stereocenters. The Morgan fingerprint density at radius 2 is 1.77 bits per heavy atom. The number of hydrogen-bond acceptors (Lipinski definition) is 3. The predicted molar refractivity (Wildman–Crippen MR) is 141 cm³/mol. The van der Waals surface area contributed by atoms with E-state index >= 15 is 0 Å². The third-order valence-electron chi connectivity index (χ3n) is 6.39. The first-order valence-corrected chi connectivity index (χ1v) is 12.0. The second-order valence-corrected chi connectivity index (χ2v) is 9.25. The molecule has 0 spiro atoms. The van der Waals surface area contributed by atoms with Crippen LogP contribution in [0.2, 0.25) is 5.02 Å². The van der Waals surface area contributed by atoms with Gasteiger partial charge in [0.2, 0.25) is 0 Å². The number of nitrogens with zero attached hydrogens (tertiary/aromatic N) is 3. The fraction of sp³-hybridized carbons (Fsp3) is 0.185. The molecule has 0 saturated carbocycles. The molecule has 2 aromatic heterocycles. The molecule has 178 valence electrons. The number of thiocarbonyl (C=S) groups is 1. The van der Waals surface area contributed by atoms with Crippen molar-refractivity contribution in [1.82, 2.24) is 14.9 Å². The highest BCUT2D eigenvalue weighted by Crippen LogP contribution is 2.44. The predicted octanol–water partition coefficient (Wildman–Crippen LogP) is 6.47. The maximum Gasteiger partial charge on any atom is 0.174 e. The zero-order chi connectivity index (χ0) is 24.7. The first kappa shape index (κ1) is 23.3. The molecule has 0 aliphatic carbocycles. The summed E-state index contributed by atoms with van der Waals surface area (Å²) in [6.07, 6.45) is 1.78. The summed E-state index contributed by atoms with van der Waals surface area (Å²) in [5, 5.41) is 4.57. The SMILES string of the molecule is COc1ccc(N2C(=S)N[C@@H](c3ccccn3)[C@@H]2c2cc(C)n(-c3ccc(F)cc3)c2C)cc1Cl. The first-order valence-electron chi connectivity index (χ1n) is 11.2. The Balaban J connectivity index is 1.67. The van der Waals surface area contributed by atoms with Gasteiger partial charge in [0.05, 0.1) is 29.9 Å². The van der Waals surface area contributed by atoms with Gasteiger partial charge in [0.15, 0.2) is 5.11 Å². The van der Waals surface area contributed by atoms with Crippen molar-refractivity contribution in [3.63, 3.8) is 0 Å². The van der Waals surface area contributed by atoms with Crippen LogP contribution in [0.5, 0.6) is 5.75 Å². The molecule has 5 nitrogen and oxygen atoms in total. The van der Waals surface area contributed by atoms with E-state index in [9.17, 15) is 4.39 Å². The van der Waals surface area contributed by atoms with E-state index in [1.807, 2.05) is 43.3 Å². The summed E-state index contributed by atoms with van der Waals surface area (Å²) in [6, 6.07) is 19.8. The van der Waals surface area contributed by atoms with Gasteiger partial charge in [-0.25, -0.2) is 4.39 Å². The lowest BCUT2D eigenvalue weighted by atomic mass is 9.96. The average Bonchev–Trinajstić information content (AvgIpc) is 3.35. The summed E-state index contributed by atoms with van der Waals surface area (Å²) in [4.78, 5) is 6.71. The largest absolute Gasteiger partial charge is 0.495 e. The molecule has 0 radical (unpaired) electrons.